The van der Waals surface area contributed by atoms with E-state index in [2.05, 4.69) is 36.6 Å². The average Bonchev–Trinajstić information content (AvgIpc) is 2.88. The van der Waals surface area contributed by atoms with Crippen LogP contribution >= 0.6 is 0 Å². The summed E-state index contributed by atoms with van der Waals surface area (Å²) >= 11 is 0. The number of hydrogen-bond acceptors (Lipinski definition) is 2. The van der Waals surface area contributed by atoms with Crippen LogP contribution in [0.3, 0.4) is 0 Å². The molecule has 2 aliphatic carbocycles. The maximum Gasteiger partial charge on any atom is 0.0872 e. The summed E-state index contributed by atoms with van der Waals surface area (Å²) in [6.45, 7) is 0. The van der Waals surface area contributed by atoms with E-state index in [1.807, 2.05) is 7.11 Å². The zero-order valence-corrected chi connectivity index (χ0v) is 12.8. The van der Waals surface area contributed by atoms with E-state index in [-0.39, 0.29) is 5.60 Å². The molecule has 20 heavy (non-hydrogen) atoms. The highest BCUT2D eigenvalue weighted by molar-refractivity contribution is 5.31. The molecule has 2 aliphatic rings. The van der Waals surface area contributed by atoms with Gasteiger partial charge in [0.15, 0.2) is 0 Å². The van der Waals surface area contributed by atoms with E-state index in [4.69, 9.17) is 4.74 Å². The maximum absolute atomic E-state index is 5.98. The second-order valence-electron chi connectivity index (χ2n) is 6.50. The molecule has 0 aliphatic heterocycles. The van der Waals surface area contributed by atoms with Crippen LogP contribution in [-0.4, -0.2) is 19.8 Å². The summed E-state index contributed by atoms with van der Waals surface area (Å²) in [4.78, 5) is 0. The molecular formula is C18H27NO. The minimum absolute atomic E-state index is 0.00696. The van der Waals surface area contributed by atoms with Gasteiger partial charge in [-0.15, -0.1) is 0 Å². The lowest BCUT2D eigenvalue weighted by Crippen LogP contribution is -2.42. The summed E-state index contributed by atoms with van der Waals surface area (Å²) in [6.07, 6.45) is 9.03. The molecule has 2 saturated carbocycles. The molecule has 1 unspecified atom stereocenters. The predicted molar refractivity (Wildman–Crippen MR) is 83.0 cm³/mol. The van der Waals surface area contributed by atoms with Gasteiger partial charge in [-0.05, 0) is 49.8 Å². The van der Waals surface area contributed by atoms with Gasteiger partial charge in [0.25, 0.3) is 0 Å². The summed E-state index contributed by atoms with van der Waals surface area (Å²) in [7, 11) is 3.95. The van der Waals surface area contributed by atoms with Crippen molar-refractivity contribution in [2.45, 2.75) is 62.5 Å². The van der Waals surface area contributed by atoms with Gasteiger partial charge in [-0.1, -0.05) is 43.5 Å². The van der Waals surface area contributed by atoms with Crippen molar-refractivity contribution in [2.24, 2.45) is 0 Å². The first-order chi connectivity index (χ1) is 9.79. The highest BCUT2D eigenvalue weighted by Crippen LogP contribution is 2.43. The van der Waals surface area contributed by atoms with Crippen molar-refractivity contribution < 1.29 is 4.74 Å². The Balaban J connectivity index is 1.88. The first-order valence-electron chi connectivity index (χ1n) is 8.11. The molecule has 2 fully saturated rings. The van der Waals surface area contributed by atoms with Crippen LogP contribution in [0.5, 0.6) is 0 Å². The van der Waals surface area contributed by atoms with E-state index < -0.39 is 0 Å². The highest BCUT2D eigenvalue weighted by atomic mass is 16.5. The Morgan fingerprint density at radius 3 is 2.50 bits per heavy atom. The average molecular weight is 273 g/mol. The van der Waals surface area contributed by atoms with Crippen LogP contribution in [0.15, 0.2) is 24.3 Å². The Bertz CT molecular complexity index is 446. The second kappa shape index (κ2) is 5.87. The van der Waals surface area contributed by atoms with Crippen LogP contribution in [0.1, 0.15) is 68.0 Å². The molecule has 0 radical (unpaired) electrons. The molecule has 1 atom stereocenters. The van der Waals surface area contributed by atoms with Gasteiger partial charge in [0, 0.05) is 7.11 Å². The van der Waals surface area contributed by atoms with E-state index in [0.29, 0.717) is 6.04 Å². The van der Waals surface area contributed by atoms with Gasteiger partial charge in [0.2, 0.25) is 0 Å². The number of nitrogens with one attached hydrogen (secondary N) is 1. The zero-order chi connectivity index (χ0) is 14.0. The molecule has 0 amide bonds. The Kier molecular flexibility index (Phi) is 4.13. The van der Waals surface area contributed by atoms with Crippen molar-refractivity contribution in [1.29, 1.82) is 0 Å². The molecule has 1 aromatic carbocycles. The molecule has 0 bridgehead atoms. The number of rotatable bonds is 5. The Morgan fingerprint density at radius 1 is 1.20 bits per heavy atom. The quantitative estimate of drug-likeness (QED) is 0.869. The summed E-state index contributed by atoms with van der Waals surface area (Å²) in [5, 5.41) is 3.53. The number of likely N-dealkylation sites (N-methyl/N-ethyl adjacent to an activating group) is 1. The van der Waals surface area contributed by atoms with Gasteiger partial charge < -0.3 is 10.1 Å². The van der Waals surface area contributed by atoms with Crippen LogP contribution < -0.4 is 5.32 Å². The highest BCUT2D eigenvalue weighted by Gasteiger charge is 2.41. The van der Waals surface area contributed by atoms with E-state index in [1.54, 1.807) is 0 Å². The summed E-state index contributed by atoms with van der Waals surface area (Å²) in [5.41, 5.74) is 2.92. The smallest absolute Gasteiger partial charge is 0.0872 e. The third-order valence-electron chi connectivity index (χ3n) is 5.49. The fourth-order valence-corrected chi connectivity index (χ4v) is 4.05. The fourth-order valence-electron chi connectivity index (χ4n) is 4.05. The van der Waals surface area contributed by atoms with Crippen molar-refractivity contribution in [2.75, 3.05) is 14.2 Å². The normalized spacial score (nSPS) is 23.5. The van der Waals surface area contributed by atoms with Crippen LogP contribution in [0.4, 0.5) is 0 Å². The Morgan fingerprint density at radius 2 is 1.95 bits per heavy atom. The first kappa shape index (κ1) is 14.1. The number of benzene rings is 1. The Labute approximate surface area is 122 Å². The van der Waals surface area contributed by atoms with E-state index in [9.17, 15) is 0 Å². The maximum atomic E-state index is 5.98. The lowest BCUT2D eigenvalue weighted by atomic mass is 9.78. The van der Waals surface area contributed by atoms with Gasteiger partial charge in [-0.3, -0.25) is 0 Å². The first-order valence-corrected chi connectivity index (χ1v) is 8.11. The monoisotopic (exact) mass is 273 g/mol. The van der Waals surface area contributed by atoms with Gasteiger partial charge in [0.1, 0.15) is 0 Å². The molecule has 1 N–H and O–H groups in total. The van der Waals surface area contributed by atoms with Crippen LogP contribution in [-0.2, 0) is 4.74 Å². The number of methoxy groups -OCH3 is 1. The summed E-state index contributed by atoms with van der Waals surface area (Å²) in [6, 6.07) is 9.53. The van der Waals surface area contributed by atoms with Gasteiger partial charge in [-0.25, -0.2) is 0 Å². The minimum Gasteiger partial charge on any atom is -0.376 e. The molecule has 3 rings (SSSR count). The number of hydrogen-bond donors (Lipinski definition) is 1. The molecule has 0 heterocycles. The van der Waals surface area contributed by atoms with Crippen molar-refractivity contribution in [3.05, 3.63) is 35.4 Å². The van der Waals surface area contributed by atoms with Crippen molar-refractivity contribution in [1.82, 2.24) is 5.32 Å². The molecule has 0 spiro atoms. The van der Waals surface area contributed by atoms with Gasteiger partial charge in [0.05, 0.1) is 11.6 Å². The van der Waals surface area contributed by atoms with Crippen LogP contribution in [0.25, 0.3) is 0 Å². The van der Waals surface area contributed by atoms with E-state index in [1.165, 1.54) is 56.1 Å². The van der Waals surface area contributed by atoms with Gasteiger partial charge in [-0.2, -0.15) is 0 Å². The Hall–Kier alpha value is -0.860. The SMILES string of the molecule is CNC(c1cccc(C2CCC2)c1)C1(OC)CCCC1. The molecule has 110 valence electrons. The molecule has 2 nitrogen and oxygen atoms in total. The van der Waals surface area contributed by atoms with E-state index in [0.717, 1.165) is 5.92 Å². The zero-order valence-electron chi connectivity index (χ0n) is 12.8. The summed E-state index contributed by atoms with van der Waals surface area (Å²) in [5.74, 6) is 0.800. The second-order valence-corrected chi connectivity index (χ2v) is 6.50. The molecular weight excluding hydrogens is 246 g/mol. The third kappa shape index (κ3) is 2.40. The lowest BCUT2D eigenvalue weighted by Gasteiger charge is -2.37. The largest absolute Gasteiger partial charge is 0.376 e. The predicted octanol–water partition coefficient (Wildman–Crippen LogP) is 4.17. The van der Waals surface area contributed by atoms with Crippen molar-refractivity contribution in [3.8, 4) is 0 Å². The lowest BCUT2D eigenvalue weighted by molar-refractivity contribution is -0.0349. The molecule has 0 aromatic heterocycles. The molecule has 0 saturated heterocycles. The minimum atomic E-state index is -0.00696. The van der Waals surface area contributed by atoms with Crippen molar-refractivity contribution in [3.63, 3.8) is 0 Å². The molecule has 2 heteroatoms. The topological polar surface area (TPSA) is 21.3 Å². The fraction of sp³-hybridized carbons (Fsp3) is 0.667. The van der Waals surface area contributed by atoms with E-state index >= 15 is 0 Å². The van der Waals surface area contributed by atoms with Gasteiger partial charge >= 0.3 is 0 Å². The summed E-state index contributed by atoms with van der Waals surface area (Å²) < 4.78 is 5.98. The number of ether oxygens (including phenoxy) is 1. The molecule has 1 aromatic rings. The third-order valence-corrected chi connectivity index (χ3v) is 5.49. The van der Waals surface area contributed by atoms with Crippen LogP contribution in [0, 0.1) is 0 Å². The van der Waals surface area contributed by atoms with Crippen LogP contribution in [0.2, 0.25) is 0 Å². The van der Waals surface area contributed by atoms with Crippen molar-refractivity contribution >= 4 is 0 Å². The standard InChI is InChI=1S/C18H27NO/c1-19-17(18(20-2)11-3-4-12-18)16-10-6-9-15(13-16)14-7-5-8-14/h6,9-10,13-14,17,19H,3-5,7-8,11-12H2,1-2H3.